The number of aromatic nitrogens is 4. The zero-order valence-corrected chi connectivity index (χ0v) is 10.4. The van der Waals surface area contributed by atoms with Gasteiger partial charge in [-0.2, -0.15) is 10.1 Å². The lowest BCUT2D eigenvalue weighted by molar-refractivity contribution is 0.0691. The van der Waals surface area contributed by atoms with E-state index < -0.39 is 5.97 Å². The molecule has 2 aromatic rings. The van der Waals surface area contributed by atoms with Crippen LogP contribution >= 0.6 is 0 Å². The molecule has 0 aliphatic heterocycles. The molecule has 2 heterocycles. The van der Waals surface area contributed by atoms with Crippen LogP contribution in [0.25, 0.3) is 5.82 Å². The lowest BCUT2D eigenvalue weighted by Crippen LogP contribution is -2.09. The SMILES string of the molecule is CC(C)Oc1cncc(-n2cc(N)c(C(=O)O)n2)n1. The molecule has 0 aromatic carbocycles. The van der Waals surface area contributed by atoms with Crippen molar-refractivity contribution >= 4 is 11.7 Å². The molecule has 2 aromatic heterocycles. The van der Waals surface area contributed by atoms with Gasteiger partial charge in [-0.25, -0.2) is 9.48 Å². The monoisotopic (exact) mass is 263 g/mol. The molecule has 8 heteroatoms. The number of nitrogens with two attached hydrogens (primary N) is 1. The van der Waals surface area contributed by atoms with Gasteiger partial charge >= 0.3 is 5.97 Å². The van der Waals surface area contributed by atoms with Crippen LogP contribution in [0.5, 0.6) is 5.88 Å². The molecular weight excluding hydrogens is 250 g/mol. The third kappa shape index (κ3) is 2.79. The Kier molecular flexibility index (Phi) is 3.32. The molecule has 3 N–H and O–H groups in total. The molecule has 0 aliphatic rings. The predicted octanol–water partition coefficient (Wildman–Crippen LogP) is 0.730. The third-order valence-corrected chi connectivity index (χ3v) is 2.14. The number of nitrogens with zero attached hydrogens (tertiary/aromatic N) is 4. The van der Waals surface area contributed by atoms with Crippen molar-refractivity contribution in [1.29, 1.82) is 0 Å². The van der Waals surface area contributed by atoms with Crippen LogP contribution in [-0.4, -0.2) is 36.9 Å². The fraction of sp³-hybridized carbons (Fsp3) is 0.273. The molecule has 2 rings (SSSR count). The van der Waals surface area contributed by atoms with Crippen LogP contribution in [0.4, 0.5) is 5.69 Å². The number of carboxylic acid groups (broad SMARTS) is 1. The number of carbonyl (C=O) groups is 1. The summed E-state index contributed by atoms with van der Waals surface area (Å²) in [6.45, 7) is 3.73. The minimum Gasteiger partial charge on any atom is -0.476 e. The summed E-state index contributed by atoms with van der Waals surface area (Å²) in [6, 6.07) is 0. The van der Waals surface area contributed by atoms with Gasteiger partial charge in [0.1, 0.15) is 0 Å². The molecule has 0 amide bonds. The normalized spacial score (nSPS) is 10.7. The summed E-state index contributed by atoms with van der Waals surface area (Å²) in [4.78, 5) is 19.0. The van der Waals surface area contributed by atoms with Crippen molar-refractivity contribution in [3.05, 3.63) is 24.3 Å². The van der Waals surface area contributed by atoms with E-state index in [1.165, 1.54) is 23.3 Å². The van der Waals surface area contributed by atoms with Gasteiger partial charge in [0.2, 0.25) is 5.88 Å². The smallest absolute Gasteiger partial charge is 0.358 e. The molecule has 0 atom stereocenters. The maximum absolute atomic E-state index is 10.9. The van der Waals surface area contributed by atoms with E-state index in [2.05, 4.69) is 15.1 Å². The van der Waals surface area contributed by atoms with Gasteiger partial charge < -0.3 is 15.6 Å². The maximum Gasteiger partial charge on any atom is 0.358 e. The van der Waals surface area contributed by atoms with Crippen molar-refractivity contribution in [2.75, 3.05) is 5.73 Å². The lowest BCUT2D eigenvalue weighted by Gasteiger charge is -2.08. The minimum absolute atomic E-state index is 0.0400. The van der Waals surface area contributed by atoms with Crippen molar-refractivity contribution in [3.8, 4) is 11.7 Å². The molecule has 0 spiro atoms. The van der Waals surface area contributed by atoms with Crippen LogP contribution in [-0.2, 0) is 0 Å². The average molecular weight is 263 g/mol. The fourth-order valence-corrected chi connectivity index (χ4v) is 1.42. The number of ether oxygens (including phenoxy) is 1. The summed E-state index contributed by atoms with van der Waals surface area (Å²) >= 11 is 0. The van der Waals surface area contributed by atoms with Crippen molar-refractivity contribution in [3.63, 3.8) is 0 Å². The molecule has 0 bridgehead atoms. The number of nitrogen functional groups attached to an aromatic ring is 1. The number of aromatic carboxylic acids is 1. The molecule has 0 fully saturated rings. The molecule has 0 saturated carbocycles. The molecule has 19 heavy (non-hydrogen) atoms. The molecule has 0 unspecified atom stereocenters. The van der Waals surface area contributed by atoms with Gasteiger partial charge in [0, 0.05) is 0 Å². The Labute approximate surface area is 108 Å². The van der Waals surface area contributed by atoms with Gasteiger partial charge in [-0.05, 0) is 13.8 Å². The number of hydrogen-bond acceptors (Lipinski definition) is 6. The lowest BCUT2D eigenvalue weighted by atomic mass is 10.4. The highest BCUT2D eigenvalue weighted by Gasteiger charge is 2.15. The van der Waals surface area contributed by atoms with E-state index in [4.69, 9.17) is 15.6 Å². The molecule has 0 aliphatic carbocycles. The van der Waals surface area contributed by atoms with E-state index in [0.29, 0.717) is 11.7 Å². The maximum atomic E-state index is 10.9. The van der Waals surface area contributed by atoms with Crippen LogP contribution < -0.4 is 10.5 Å². The molecular formula is C11H13N5O3. The Bertz CT molecular complexity index is 608. The van der Waals surface area contributed by atoms with Gasteiger partial charge in [-0.15, -0.1) is 0 Å². The first-order valence-corrected chi connectivity index (χ1v) is 5.55. The average Bonchev–Trinajstić information content (AvgIpc) is 2.71. The molecule has 100 valence electrons. The number of rotatable bonds is 4. The molecule has 0 saturated heterocycles. The standard InChI is InChI=1S/C11H13N5O3/c1-6(2)19-9-4-13-3-8(14-9)16-5-7(12)10(15-16)11(17)18/h3-6H,12H2,1-2H3,(H,17,18). The van der Waals surface area contributed by atoms with Gasteiger partial charge in [-0.3, -0.25) is 4.98 Å². The Morgan fingerprint density at radius 1 is 1.47 bits per heavy atom. The first-order valence-electron chi connectivity index (χ1n) is 5.55. The topological polar surface area (TPSA) is 116 Å². The largest absolute Gasteiger partial charge is 0.476 e. The van der Waals surface area contributed by atoms with Crippen LogP contribution in [0.2, 0.25) is 0 Å². The summed E-state index contributed by atoms with van der Waals surface area (Å²) in [5, 5.41) is 12.7. The first kappa shape index (κ1) is 12.8. The van der Waals surface area contributed by atoms with E-state index in [1.807, 2.05) is 13.8 Å². The predicted molar refractivity (Wildman–Crippen MR) is 66.3 cm³/mol. The number of carboxylic acids is 1. The van der Waals surface area contributed by atoms with Crippen LogP contribution in [0.1, 0.15) is 24.3 Å². The van der Waals surface area contributed by atoms with Crippen LogP contribution in [0.3, 0.4) is 0 Å². The quantitative estimate of drug-likeness (QED) is 0.835. The first-order chi connectivity index (χ1) is 8.97. The summed E-state index contributed by atoms with van der Waals surface area (Å²) in [7, 11) is 0. The zero-order chi connectivity index (χ0) is 14.0. The van der Waals surface area contributed by atoms with Crippen molar-refractivity contribution in [2.45, 2.75) is 20.0 Å². The second kappa shape index (κ2) is 4.92. The van der Waals surface area contributed by atoms with E-state index in [-0.39, 0.29) is 17.5 Å². The highest BCUT2D eigenvalue weighted by molar-refractivity contribution is 5.91. The summed E-state index contributed by atoms with van der Waals surface area (Å²) in [6.07, 6.45) is 4.23. The second-order valence-corrected chi connectivity index (χ2v) is 4.06. The Morgan fingerprint density at radius 3 is 2.79 bits per heavy atom. The highest BCUT2D eigenvalue weighted by atomic mass is 16.5. The van der Waals surface area contributed by atoms with Crippen molar-refractivity contribution in [1.82, 2.24) is 19.7 Å². The van der Waals surface area contributed by atoms with Gasteiger partial charge in [0.25, 0.3) is 0 Å². The van der Waals surface area contributed by atoms with Crippen molar-refractivity contribution < 1.29 is 14.6 Å². The van der Waals surface area contributed by atoms with Gasteiger partial charge in [0.15, 0.2) is 11.5 Å². The fourth-order valence-electron chi connectivity index (χ4n) is 1.42. The van der Waals surface area contributed by atoms with Gasteiger partial charge in [-0.1, -0.05) is 0 Å². The second-order valence-electron chi connectivity index (χ2n) is 4.06. The molecule has 0 radical (unpaired) electrons. The summed E-state index contributed by atoms with van der Waals surface area (Å²) < 4.78 is 6.65. The van der Waals surface area contributed by atoms with E-state index in [9.17, 15) is 4.79 Å². The van der Waals surface area contributed by atoms with Gasteiger partial charge in [0.05, 0.1) is 30.4 Å². The summed E-state index contributed by atoms with van der Waals surface area (Å²) in [5.41, 5.74) is 5.39. The molecule has 8 nitrogen and oxygen atoms in total. The Morgan fingerprint density at radius 2 is 2.21 bits per heavy atom. The highest BCUT2D eigenvalue weighted by Crippen LogP contribution is 2.14. The minimum atomic E-state index is -1.20. The summed E-state index contributed by atoms with van der Waals surface area (Å²) in [5.74, 6) is -0.533. The third-order valence-electron chi connectivity index (χ3n) is 2.14. The Hall–Kier alpha value is -2.64. The van der Waals surface area contributed by atoms with Crippen LogP contribution in [0, 0.1) is 0 Å². The van der Waals surface area contributed by atoms with E-state index in [1.54, 1.807) is 0 Å². The number of anilines is 1. The number of hydrogen-bond donors (Lipinski definition) is 2. The zero-order valence-electron chi connectivity index (χ0n) is 10.4. The van der Waals surface area contributed by atoms with Crippen molar-refractivity contribution in [2.24, 2.45) is 0 Å². The van der Waals surface area contributed by atoms with E-state index >= 15 is 0 Å². The Balaban J connectivity index is 2.36. The van der Waals surface area contributed by atoms with Crippen LogP contribution in [0.15, 0.2) is 18.6 Å². The van der Waals surface area contributed by atoms with E-state index in [0.717, 1.165) is 0 Å².